The highest BCUT2D eigenvalue weighted by molar-refractivity contribution is 6.40. The van der Waals surface area contributed by atoms with Crippen molar-refractivity contribution in [3.05, 3.63) is 68.7 Å². The molecular formula is C20H14Cl4O6. The average Bonchev–Trinajstić information content (AvgIpc) is 2.70. The molecule has 2 atom stereocenters. The molecule has 0 amide bonds. The number of carbonyl (C=O) groups is 4. The Hall–Kier alpha value is -2.12. The van der Waals surface area contributed by atoms with Crippen LogP contribution in [0.5, 0.6) is 0 Å². The number of hydrogen-bond donors (Lipinski definition) is 0. The SMILES string of the molecule is CC(Cl)C(=O)c1c(Cl)cccc1C(=O)OOC(=O)c1cccc(Cl)c1C(=O)C(C)Cl. The van der Waals surface area contributed by atoms with E-state index in [9.17, 15) is 19.2 Å². The molecule has 0 heterocycles. The van der Waals surface area contributed by atoms with Crippen LogP contribution >= 0.6 is 46.4 Å². The molecule has 0 bridgehead atoms. The molecule has 0 saturated heterocycles. The maximum atomic E-state index is 12.4. The average molecular weight is 492 g/mol. The van der Waals surface area contributed by atoms with Crippen LogP contribution in [0.1, 0.15) is 55.3 Å². The lowest BCUT2D eigenvalue weighted by Crippen LogP contribution is -2.21. The van der Waals surface area contributed by atoms with Crippen molar-refractivity contribution < 1.29 is 29.0 Å². The normalized spacial score (nSPS) is 12.6. The molecule has 0 aliphatic carbocycles. The molecule has 2 aromatic rings. The summed E-state index contributed by atoms with van der Waals surface area (Å²) < 4.78 is 0. The lowest BCUT2D eigenvalue weighted by atomic mass is 10.0. The highest BCUT2D eigenvalue weighted by Gasteiger charge is 2.28. The van der Waals surface area contributed by atoms with Crippen LogP contribution in [0.2, 0.25) is 10.0 Å². The van der Waals surface area contributed by atoms with Crippen molar-refractivity contribution in [2.75, 3.05) is 0 Å². The summed E-state index contributed by atoms with van der Waals surface area (Å²) >= 11 is 23.6. The predicted octanol–water partition coefficient (Wildman–Crippen LogP) is 5.54. The fourth-order valence-electron chi connectivity index (χ4n) is 2.45. The number of rotatable bonds is 6. The van der Waals surface area contributed by atoms with Crippen LogP contribution in [0.15, 0.2) is 36.4 Å². The first-order chi connectivity index (χ1) is 14.1. The third kappa shape index (κ3) is 5.32. The number of ketones is 2. The monoisotopic (exact) mass is 490 g/mol. The summed E-state index contributed by atoms with van der Waals surface area (Å²) in [6.45, 7) is 2.83. The third-order valence-electron chi connectivity index (χ3n) is 3.88. The summed E-state index contributed by atoms with van der Waals surface area (Å²) in [5.41, 5.74) is -0.830. The van der Waals surface area contributed by atoms with E-state index in [0.717, 1.165) is 0 Å². The first-order valence-electron chi connectivity index (χ1n) is 8.43. The van der Waals surface area contributed by atoms with Crippen LogP contribution in [-0.4, -0.2) is 34.3 Å². The first-order valence-corrected chi connectivity index (χ1v) is 10.1. The van der Waals surface area contributed by atoms with Crippen molar-refractivity contribution in [1.82, 2.24) is 0 Å². The zero-order valence-corrected chi connectivity index (χ0v) is 18.6. The van der Waals surface area contributed by atoms with Gasteiger partial charge in [-0.1, -0.05) is 35.3 Å². The summed E-state index contributed by atoms with van der Waals surface area (Å²) in [5, 5.41) is -1.97. The summed E-state index contributed by atoms with van der Waals surface area (Å²) in [7, 11) is 0. The second-order valence-corrected chi connectivity index (χ2v) is 8.15. The van der Waals surface area contributed by atoms with Crippen molar-refractivity contribution >= 4 is 69.9 Å². The Kier molecular flexibility index (Phi) is 8.26. The Morgan fingerprint density at radius 3 is 1.33 bits per heavy atom. The lowest BCUT2D eigenvalue weighted by Gasteiger charge is -2.12. The van der Waals surface area contributed by atoms with E-state index in [1.807, 2.05) is 0 Å². The third-order valence-corrected chi connectivity index (χ3v) is 4.90. The largest absolute Gasteiger partial charge is 0.387 e. The highest BCUT2D eigenvalue weighted by Crippen LogP contribution is 2.26. The fraction of sp³-hybridized carbons (Fsp3) is 0.200. The zero-order chi connectivity index (χ0) is 22.6. The lowest BCUT2D eigenvalue weighted by molar-refractivity contribution is -0.187. The molecule has 0 aliphatic rings. The van der Waals surface area contributed by atoms with Gasteiger partial charge in [-0.2, -0.15) is 0 Å². The van der Waals surface area contributed by atoms with E-state index in [1.54, 1.807) is 0 Å². The van der Waals surface area contributed by atoms with E-state index >= 15 is 0 Å². The molecular weight excluding hydrogens is 478 g/mol. The minimum atomic E-state index is -1.16. The van der Waals surface area contributed by atoms with Gasteiger partial charge in [-0.05, 0) is 38.1 Å². The van der Waals surface area contributed by atoms with Crippen molar-refractivity contribution in [3.8, 4) is 0 Å². The van der Waals surface area contributed by atoms with Crippen LogP contribution in [0, 0.1) is 0 Å². The summed E-state index contributed by atoms with van der Waals surface area (Å²) in [4.78, 5) is 58.5. The van der Waals surface area contributed by atoms with E-state index in [-0.39, 0.29) is 32.3 Å². The van der Waals surface area contributed by atoms with Gasteiger partial charge in [0.1, 0.15) is 0 Å². The highest BCUT2D eigenvalue weighted by atomic mass is 35.5. The standard InChI is InChI=1S/C20H14Cl4O6/c1-9(21)17(25)15-11(5-3-7-13(15)23)19(27)29-30-20(28)12-6-4-8-14(24)16(12)18(26)10(2)22/h3-10H,1-2H3. The number of Topliss-reactive ketones (excluding diaryl/α,β-unsaturated/α-hetero) is 2. The molecule has 2 aromatic carbocycles. The van der Waals surface area contributed by atoms with Crippen molar-refractivity contribution in [3.63, 3.8) is 0 Å². The minimum absolute atomic E-state index is 0.0212. The van der Waals surface area contributed by atoms with Gasteiger partial charge >= 0.3 is 11.9 Å². The molecule has 0 aromatic heterocycles. The number of halogens is 4. The molecule has 158 valence electrons. The molecule has 30 heavy (non-hydrogen) atoms. The van der Waals surface area contributed by atoms with E-state index in [4.69, 9.17) is 46.4 Å². The van der Waals surface area contributed by atoms with E-state index in [0.29, 0.717) is 0 Å². The quantitative estimate of drug-likeness (QED) is 0.228. The van der Waals surface area contributed by atoms with Gasteiger partial charge in [-0.3, -0.25) is 9.59 Å². The Morgan fingerprint density at radius 1 is 0.700 bits per heavy atom. The van der Waals surface area contributed by atoms with Gasteiger partial charge in [-0.15, -0.1) is 23.2 Å². The molecule has 0 radical (unpaired) electrons. The van der Waals surface area contributed by atoms with Gasteiger partial charge in [0.2, 0.25) is 0 Å². The topological polar surface area (TPSA) is 86.7 Å². The molecule has 0 aliphatic heterocycles. The Bertz CT molecular complexity index is 935. The minimum Gasteiger partial charge on any atom is -0.292 e. The van der Waals surface area contributed by atoms with Gasteiger partial charge in [0.25, 0.3) is 0 Å². The number of carbonyl (C=O) groups excluding carboxylic acids is 4. The van der Waals surface area contributed by atoms with Gasteiger partial charge in [-0.25, -0.2) is 19.4 Å². The van der Waals surface area contributed by atoms with Crippen LogP contribution in [0.25, 0.3) is 0 Å². The summed E-state index contributed by atoms with van der Waals surface area (Å²) in [6.07, 6.45) is 0. The first kappa shape index (κ1) is 24.2. The van der Waals surface area contributed by atoms with Gasteiger partial charge in [0.05, 0.1) is 43.1 Å². The number of hydrogen-bond acceptors (Lipinski definition) is 6. The van der Waals surface area contributed by atoms with Crippen molar-refractivity contribution in [2.24, 2.45) is 0 Å². The second kappa shape index (κ2) is 10.3. The molecule has 2 rings (SSSR count). The molecule has 0 N–H and O–H groups in total. The molecule has 2 unspecified atom stereocenters. The number of benzene rings is 2. The molecule has 6 nitrogen and oxygen atoms in total. The summed E-state index contributed by atoms with van der Waals surface area (Å²) in [6, 6.07) is 8.14. The van der Waals surface area contributed by atoms with Crippen LogP contribution in [-0.2, 0) is 9.78 Å². The molecule has 0 fully saturated rings. The van der Waals surface area contributed by atoms with E-state index in [1.165, 1.54) is 50.2 Å². The Labute approximate surface area is 191 Å². The molecule has 10 heteroatoms. The van der Waals surface area contributed by atoms with E-state index < -0.39 is 34.3 Å². The number of alkyl halides is 2. The second-order valence-electron chi connectivity index (χ2n) is 6.03. The smallest absolute Gasteiger partial charge is 0.292 e. The van der Waals surface area contributed by atoms with Crippen LogP contribution in [0.4, 0.5) is 0 Å². The Morgan fingerprint density at radius 2 is 1.03 bits per heavy atom. The Balaban J connectivity index is 2.28. The van der Waals surface area contributed by atoms with Crippen LogP contribution < -0.4 is 0 Å². The molecule has 0 spiro atoms. The van der Waals surface area contributed by atoms with E-state index in [2.05, 4.69) is 9.78 Å². The van der Waals surface area contributed by atoms with Gasteiger partial charge in [0.15, 0.2) is 11.6 Å². The van der Waals surface area contributed by atoms with Gasteiger partial charge < -0.3 is 0 Å². The van der Waals surface area contributed by atoms with Crippen molar-refractivity contribution in [2.45, 2.75) is 24.6 Å². The maximum absolute atomic E-state index is 12.4. The molecule has 0 saturated carbocycles. The summed E-state index contributed by atoms with van der Waals surface area (Å²) in [5.74, 6) is -3.54. The van der Waals surface area contributed by atoms with Crippen molar-refractivity contribution in [1.29, 1.82) is 0 Å². The predicted molar refractivity (Wildman–Crippen MR) is 113 cm³/mol. The van der Waals surface area contributed by atoms with Gasteiger partial charge in [0, 0.05) is 0 Å². The van der Waals surface area contributed by atoms with Crippen LogP contribution in [0.3, 0.4) is 0 Å². The maximum Gasteiger partial charge on any atom is 0.387 e. The fourth-order valence-corrected chi connectivity index (χ4v) is 3.21. The zero-order valence-electron chi connectivity index (χ0n) is 15.6.